The number of carbonyl (C=O) groups is 1. The molecule has 1 N–H and O–H groups in total. The molecule has 0 saturated heterocycles. The molecular weight excluding hydrogens is 206 g/mol. The standard InChI is InChI=1S/C12H15NO3/c14-12(15)11-3-1-2-10(13-11)8-16-7-6-9-4-5-9/h1-3,9H,4-8H2,(H,14,15). The number of carboxylic acids is 1. The Labute approximate surface area is 94.3 Å². The number of aromatic carboxylic acids is 1. The van der Waals surface area contributed by atoms with Crippen LogP contribution in [0, 0.1) is 5.92 Å². The topological polar surface area (TPSA) is 59.4 Å². The maximum Gasteiger partial charge on any atom is 0.354 e. The number of aromatic nitrogens is 1. The molecule has 1 aliphatic rings. The van der Waals surface area contributed by atoms with Gasteiger partial charge in [-0.1, -0.05) is 18.9 Å². The Morgan fingerprint density at radius 1 is 1.50 bits per heavy atom. The molecule has 1 heterocycles. The largest absolute Gasteiger partial charge is 0.477 e. The maximum absolute atomic E-state index is 10.7. The van der Waals surface area contributed by atoms with E-state index in [9.17, 15) is 4.79 Å². The number of carboxylic acid groups (broad SMARTS) is 1. The summed E-state index contributed by atoms with van der Waals surface area (Å²) in [5.74, 6) is -0.141. The highest BCUT2D eigenvalue weighted by atomic mass is 16.5. The van der Waals surface area contributed by atoms with Gasteiger partial charge in [0.15, 0.2) is 0 Å². The van der Waals surface area contributed by atoms with Gasteiger partial charge >= 0.3 is 5.97 Å². The average Bonchev–Trinajstić information content (AvgIpc) is 3.09. The van der Waals surface area contributed by atoms with Gasteiger partial charge in [0, 0.05) is 6.61 Å². The summed E-state index contributed by atoms with van der Waals surface area (Å²) in [7, 11) is 0. The van der Waals surface area contributed by atoms with E-state index in [1.54, 1.807) is 12.1 Å². The molecule has 1 fully saturated rings. The maximum atomic E-state index is 10.7. The van der Waals surface area contributed by atoms with E-state index in [0.717, 1.165) is 18.9 Å². The zero-order valence-corrected chi connectivity index (χ0v) is 9.06. The summed E-state index contributed by atoms with van der Waals surface area (Å²) < 4.78 is 5.45. The van der Waals surface area contributed by atoms with Crippen molar-refractivity contribution in [1.82, 2.24) is 4.98 Å². The second-order valence-electron chi connectivity index (χ2n) is 4.10. The Morgan fingerprint density at radius 2 is 2.31 bits per heavy atom. The lowest BCUT2D eigenvalue weighted by Gasteiger charge is -2.03. The van der Waals surface area contributed by atoms with Crippen molar-refractivity contribution in [2.45, 2.75) is 25.9 Å². The third-order valence-electron chi connectivity index (χ3n) is 2.64. The molecule has 4 nitrogen and oxygen atoms in total. The van der Waals surface area contributed by atoms with Gasteiger partial charge in [-0.15, -0.1) is 0 Å². The Morgan fingerprint density at radius 3 is 3.00 bits per heavy atom. The zero-order valence-electron chi connectivity index (χ0n) is 9.06. The first kappa shape index (κ1) is 11.1. The monoisotopic (exact) mass is 221 g/mol. The summed E-state index contributed by atoms with van der Waals surface area (Å²) in [6.07, 6.45) is 3.77. The molecule has 0 atom stereocenters. The van der Waals surface area contributed by atoms with Gasteiger partial charge in [0.05, 0.1) is 12.3 Å². The molecule has 86 valence electrons. The molecule has 0 radical (unpaired) electrons. The minimum atomic E-state index is -1.00. The van der Waals surface area contributed by atoms with Gasteiger partial charge in [-0.2, -0.15) is 0 Å². The van der Waals surface area contributed by atoms with Gasteiger partial charge < -0.3 is 9.84 Å². The van der Waals surface area contributed by atoms with Crippen LogP contribution >= 0.6 is 0 Å². The van der Waals surface area contributed by atoms with E-state index >= 15 is 0 Å². The molecule has 2 rings (SSSR count). The molecule has 16 heavy (non-hydrogen) atoms. The van der Waals surface area contributed by atoms with E-state index < -0.39 is 5.97 Å². The van der Waals surface area contributed by atoms with Crippen LogP contribution in [0.4, 0.5) is 0 Å². The van der Waals surface area contributed by atoms with Crippen LogP contribution in [-0.4, -0.2) is 22.7 Å². The highest BCUT2D eigenvalue weighted by Crippen LogP contribution is 2.32. The predicted octanol–water partition coefficient (Wildman–Crippen LogP) is 2.10. The van der Waals surface area contributed by atoms with E-state index in [4.69, 9.17) is 9.84 Å². The lowest BCUT2D eigenvalue weighted by molar-refractivity contribution is 0.0688. The molecule has 1 saturated carbocycles. The van der Waals surface area contributed by atoms with Crippen molar-refractivity contribution >= 4 is 5.97 Å². The van der Waals surface area contributed by atoms with Crippen LogP contribution in [0.1, 0.15) is 35.4 Å². The van der Waals surface area contributed by atoms with Crippen molar-refractivity contribution < 1.29 is 14.6 Å². The fourth-order valence-corrected chi connectivity index (χ4v) is 1.51. The van der Waals surface area contributed by atoms with Crippen LogP contribution in [0.2, 0.25) is 0 Å². The van der Waals surface area contributed by atoms with Gasteiger partial charge in [0.25, 0.3) is 0 Å². The number of hydrogen-bond donors (Lipinski definition) is 1. The van der Waals surface area contributed by atoms with Crippen molar-refractivity contribution in [3.05, 3.63) is 29.6 Å². The van der Waals surface area contributed by atoms with Crippen LogP contribution in [-0.2, 0) is 11.3 Å². The normalized spacial score (nSPS) is 15.0. The van der Waals surface area contributed by atoms with E-state index in [1.807, 2.05) is 0 Å². The van der Waals surface area contributed by atoms with Crippen molar-refractivity contribution in [2.24, 2.45) is 5.92 Å². The van der Waals surface area contributed by atoms with Gasteiger partial charge in [-0.25, -0.2) is 9.78 Å². The summed E-state index contributed by atoms with van der Waals surface area (Å²) >= 11 is 0. The minimum Gasteiger partial charge on any atom is -0.477 e. The predicted molar refractivity (Wildman–Crippen MR) is 58.2 cm³/mol. The zero-order chi connectivity index (χ0) is 11.4. The first-order chi connectivity index (χ1) is 7.75. The molecule has 0 aliphatic heterocycles. The average molecular weight is 221 g/mol. The molecule has 1 aromatic heterocycles. The molecule has 1 aromatic rings. The first-order valence-electron chi connectivity index (χ1n) is 5.52. The van der Waals surface area contributed by atoms with Crippen molar-refractivity contribution in [2.75, 3.05) is 6.61 Å². The second-order valence-corrected chi connectivity index (χ2v) is 4.10. The fraction of sp³-hybridized carbons (Fsp3) is 0.500. The fourth-order valence-electron chi connectivity index (χ4n) is 1.51. The summed E-state index contributed by atoms with van der Waals surface area (Å²) in [6.45, 7) is 1.14. The summed E-state index contributed by atoms with van der Waals surface area (Å²) in [5.41, 5.74) is 0.749. The van der Waals surface area contributed by atoms with Crippen LogP contribution in [0.3, 0.4) is 0 Å². The first-order valence-corrected chi connectivity index (χ1v) is 5.52. The van der Waals surface area contributed by atoms with Crippen LogP contribution in [0.15, 0.2) is 18.2 Å². The van der Waals surface area contributed by atoms with E-state index in [2.05, 4.69) is 4.98 Å². The van der Waals surface area contributed by atoms with Crippen molar-refractivity contribution in [1.29, 1.82) is 0 Å². The number of rotatable bonds is 6. The lowest BCUT2D eigenvalue weighted by atomic mass is 10.3. The van der Waals surface area contributed by atoms with E-state index in [0.29, 0.717) is 12.3 Å². The Kier molecular flexibility index (Phi) is 3.51. The van der Waals surface area contributed by atoms with Crippen LogP contribution in [0.25, 0.3) is 0 Å². The van der Waals surface area contributed by atoms with Gasteiger partial charge in [0.1, 0.15) is 5.69 Å². The highest BCUT2D eigenvalue weighted by Gasteiger charge is 2.20. The number of nitrogens with zero attached hydrogens (tertiary/aromatic N) is 1. The SMILES string of the molecule is O=C(O)c1cccc(COCCC2CC2)n1. The Bertz CT molecular complexity index is 374. The highest BCUT2D eigenvalue weighted by molar-refractivity contribution is 5.85. The molecular formula is C12H15NO3. The van der Waals surface area contributed by atoms with Gasteiger partial charge in [-0.3, -0.25) is 0 Å². The molecule has 0 amide bonds. The van der Waals surface area contributed by atoms with Crippen molar-refractivity contribution in [3.63, 3.8) is 0 Å². The Balaban J connectivity index is 1.78. The number of hydrogen-bond acceptors (Lipinski definition) is 3. The number of ether oxygens (including phenoxy) is 1. The van der Waals surface area contributed by atoms with E-state index in [1.165, 1.54) is 18.9 Å². The van der Waals surface area contributed by atoms with E-state index in [-0.39, 0.29) is 5.69 Å². The third kappa shape index (κ3) is 3.31. The minimum absolute atomic E-state index is 0.0725. The molecule has 4 heteroatoms. The molecule has 0 bridgehead atoms. The summed E-state index contributed by atoms with van der Waals surface area (Å²) in [5, 5.41) is 8.76. The smallest absolute Gasteiger partial charge is 0.354 e. The van der Waals surface area contributed by atoms with Crippen molar-refractivity contribution in [3.8, 4) is 0 Å². The Hall–Kier alpha value is -1.42. The molecule has 0 spiro atoms. The summed E-state index contributed by atoms with van der Waals surface area (Å²) in [6, 6.07) is 4.95. The lowest BCUT2D eigenvalue weighted by Crippen LogP contribution is -2.04. The molecule has 0 unspecified atom stereocenters. The van der Waals surface area contributed by atoms with Gasteiger partial charge in [0.2, 0.25) is 0 Å². The quantitative estimate of drug-likeness (QED) is 0.747. The molecule has 1 aliphatic carbocycles. The molecule has 0 aromatic carbocycles. The van der Waals surface area contributed by atoms with Crippen LogP contribution in [0.5, 0.6) is 0 Å². The van der Waals surface area contributed by atoms with Crippen LogP contribution < -0.4 is 0 Å². The number of pyridine rings is 1. The second kappa shape index (κ2) is 5.07. The van der Waals surface area contributed by atoms with Gasteiger partial charge in [-0.05, 0) is 24.5 Å². The third-order valence-corrected chi connectivity index (χ3v) is 2.64. The summed E-state index contributed by atoms with van der Waals surface area (Å²) in [4.78, 5) is 14.7.